The van der Waals surface area contributed by atoms with Gasteiger partial charge in [0.05, 0.1) is 50.1 Å². The quantitative estimate of drug-likeness (QED) is 0.186. The lowest BCUT2D eigenvalue weighted by Crippen LogP contribution is -2.58. The predicted octanol–water partition coefficient (Wildman–Crippen LogP) is 5.73. The second-order valence-electron chi connectivity index (χ2n) is 15.2. The molecule has 4 aliphatic rings. The van der Waals surface area contributed by atoms with Gasteiger partial charge in [0, 0.05) is 12.1 Å². The highest BCUT2D eigenvalue weighted by molar-refractivity contribution is 5.88. The minimum Gasteiger partial charge on any atom is -0.453 e. The molecule has 54 heavy (non-hydrogen) atoms. The average molecular weight is 735 g/mol. The Morgan fingerprint density at radius 1 is 0.630 bits per heavy atom. The van der Waals surface area contributed by atoms with Crippen molar-refractivity contribution in [3.8, 4) is 33.6 Å². The number of alkyl carbamates (subject to hydrolysis) is 2. The molecular formula is C40H46N8O6. The van der Waals surface area contributed by atoms with E-state index in [1.54, 1.807) is 0 Å². The number of aromatic nitrogens is 4. The summed E-state index contributed by atoms with van der Waals surface area (Å²) in [4.78, 5) is 71.2. The molecular weight excluding hydrogens is 688 g/mol. The van der Waals surface area contributed by atoms with Crippen molar-refractivity contribution in [1.82, 2.24) is 40.4 Å². The molecule has 4 amide bonds. The molecule has 4 fully saturated rings. The van der Waals surface area contributed by atoms with Crippen LogP contribution in [0.2, 0.25) is 0 Å². The van der Waals surface area contributed by atoms with E-state index in [0.717, 1.165) is 83.8 Å². The van der Waals surface area contributed by atoms with Crippen LogP contribution in [0.5, 0.6) is 0 Å². The normalized spacial score (nSPS) is 27.7. The van der Waals surface area contributed by atoms with Gasteiger partial charge in [0.15, 0.2) is 0 Å². The van der Waals surface area contributed by atoms with Gasteiger partial charge in [-0.05, 0) is 72.6 Å². The second kappa shape index (κ2) is 14.3. The van der Waals surface area contributed by atoms with E-state index in [9.17, 15) is 19.2 Å². The number of nitrogens with one attached hydrogen (secondary N) is 4. The van der Waals surface area contributed by atoms with Crippen molar-refractivity contribution in [3.05, 3.63) is 72.6 Å². The van der Waals surface area contributed by atoms with Crippen molar-refractivity contribution >= 4 is 24.0 Å². The van der Waals surface area contributed by atoms with Crippen LogP contribution in [-0.2, 0) is 19.1 Å². The fourth-order valence-corrected chi connectivity index (χ4v) is 9.14. The number of ether oxygens (including phenoxy) is 2. The lowest BCUT2D eigenvalue weighted by molar-refractivity contribution is -0.142. The Hall–Kier alpha value is -5.66. The Labute approximate surface area is 313 Å². The van der Waals surface area contributed by atoms with Gasteiger partial charge in [0.1, 0.15) is 23.7 Å². The summed E-state index contributed by atoms with van der Waals surface area (Å²) in [7, 11) is 2.60. The molecule has 0 spiro atoms. The van der Waals surface area contributed by atoms with Crippen LogP contribution in [0.4, 0.5) is 9.59 Å². The summed E-state index contributed by atoms with van der Waals surface area (Å²) in [6.45, 7) is 3.99. The van der Waals surface area contributed by atoms with Gasteiger partial charge in [-0.1, -0.05) is 62.4 Å². The van der Waals surface area contributed by atoms with Crippen LogP contribution in [0.1, 0.15) is 76.1 Å². The number of H-pyrrole nitrogens is 2. The minimum atomic E-state index is -0.620. The molecule has 4 aliphatic heterocycles. The van der Waals surface area contributed by atoms with Crippen LogP contribution < -0.4 is 10.6 Å². The van der Waals surface area contributed by atoms with Gasteiger partial charge < -0.3 is 39.9 Å². The number of aromatic amines is 2. The number of hydrogen-bond donors (Lipinski definition) is 4. The summed E-state index contributed by atoms with van der Waals surface area (Å²) < 4.78 is 9.54. The van der Waals surface area contributed by atoms with Gasteiger partial charge >= 0.3 is 12.2 Å². The number of nitrogens with zero attached hydrogens (tertiary/aromatic N) is 4. The number of piperidine rings is 2. The van der Waals surface area contributed by atoms with Crippen LogP contribution in [0.15, 0.2) is 60.9 Å². The topological polar surface area (TPSA) is 175 Å². The molecule has 14 heteroatoms. The van der Waals surface area contributed by atoms with Crippen molar-refractivity contribution in [2.75, 3.05) is 14.2 Å². The summed E-state index contributed by atoms with van der Waals surface area (Å²) in [5, 5.41) is 5.46. The van der Waals surface area contributed by atoms with Crippen molar-refractivity contribution in [3.63, 3.8) is 0 Å². The largest absolute Gasteiger partial charge is 0.453 e. The first-order valence-electron chi connectivity index (χ1n) is 18.8. The average Bonchev–Trinajstić information content (AvgIpc) is 4.01. The van der Waals surface area contributed by atoms with E-state index in [2.05, 4.69) is 69.1 Å². The molecule has 2 aromatic carbocycles. The first kappa shape index (κ1) is 35.4. The molecule has 0 aliphatic carbocycles. The van der Waals surface area contributed by atoms with Crippen LogP contribution in [-0.4, -0.2) is 92.1 Å². The third-order valence-corrected chi connectivity index (χ3v) is 11.9. The van der Waals surface area contributed by atoms with Gasteiger partial charge in [0.2, 0.25) is 11.8 Å². The van der Waals surface area contributed by atoms with Crippen molar-refractivity contribution in [1.29, 1.82) is 0 Å². The van der Waals surface area contributed by atoms with E-state index in [4.69, 9.17) is 19.4 Å². The Morgan fingerprint density at radius 2 is 1.00 bits per heavy atom. The third-order valence-electron chi connectivity index (χ3n) is 11.9. The molecule has 6 heterocycles. The molecule has 0 radical (unpaired) electrons. The van der Waals surface area contributed by atoms with E-state index in [1.807, 2.05) is 36.0 Å². The molecule has 14 nitrogen and oxygen atoms in total. The Kier molecular flexibility index (Phi) is 9.36. The summed E-state index contributed by atoms with van der Waals surface area (Å²) in [6.07, 6.45) is 7.48. The highest BCUT2D eigenvalue weighted by Gasteiger charge is 2.49. The molecule has 0 bridgehead atoms. The maximum absolute atomic E-state index is 13.6. The molecule has 4 aromatic rings. The van der Waals surface area contributed by atoms with Crippen LogP contribution >= 0.6 is 0 Å². The number of amides is 4. The summed E-state index contributed by atoms with van der Waals surface area (Å²) in [5.41, 5.74) is 5.85. The van der Waals surface area contributed by atoms with Crippen molar-refractivity contribution in [2.24, 2.45) is 11.8 Å². The molecule has 2 aromatic heterocycles. The van der Waals surface area contributed by atoms with Crippen LogP contribution in [0.3, 0.4) is 0 Å². The molecule has 8 rings (SSSR count). The van der Waals surface area contributed by atoms with Gasteiger partial charge in [0.25, 0.3) is 0 Å². The maximum atomic E-state index is 13.6. The molecule has 4 N–H and O–H groups in total. The number of rotatable bonds is 7. The SMILES string of the molecule is COC(=O)N[C@@H]1C(=O)N2[C@H](CC[C@H]2c2ncc(-c3ccc(-c4ccc(-c5cnc([C@@H]6CC[C@@H]7CC(C)[C@H](NC(=O)OC)C(=O)N76)[nH]5)cc4)cc3)[nH]2)CC1C. The molecule has 2 unspecified atom stereocenters. The second-order valence-corrected chi connectivity index (χ2v) is 15.2. The number of methoxy groups -OCH3 is 2. The summed E-state index contributed by atoms with van der Waals surface area (Å²) in [5.74, 6) is 1.36. The highest BCUT2D eigenvalue weighted by atomic mass is 16.5. The Bertz CT molecular complexity index is 1900. The first-order chi connectivity index (χ1) is 26.1. The number of benzene rings is 2. The number of carbonyl (C=O) groups excluding carboxylic acids is 4. The zero-order valence-electron chi connectivity index (χ0n) is 30.9. The van der Waals surface area contributed by atoms with Crippen LogP contribution in [0, 0.1) is 11.8 Å². The Morgan fingerprint density at radius 3 is 1.37 bits per heavy atom. The Balaban J connectivity index is 0.926. The van der Waals surface area contributed by atoms with Gasteiger partial charge in [-0.3, -0.25) is 9.59 Å². The first-order valence-corrected chi connectivity index (χ1v) is 18.8. The zero-order valence-corrected chi connectivity index (χ0v) is 30.9. The number of imidazole rings is 2. The zero-order chi connectivity index (χ0) is 37.7. The number of carbonyl (C=O) groups is 4. The van der Waals surface area contributed by atoms with Gasteiger partial charge in [-0.15, -0.1) is 0 Å². The monoisotopic (exact) mass is 734 g/mol. The fourth-order valence-electron chi connectivity index (χ4n) is 9.14. The maximum Gasteiger partial charge on any atom is 0.407 e. The van der Waals surface area contributed by atoms with Gasteiger partial charge in [-0.25, -0.2) is 19.6 Å². The van der Waals surface area contributed by atoms with Crippen molar-refractivity contribution < 1.29 is 28.7 Å². The van der Waals surface area contributed by atoms with E-state index < -0.39 is 24.3 Å². The number of fused-ring (bicyclic) bond motifs is 2. The summed E-state index contributed by atoms with van der Waals surface area (Å²) in [6, 6.07) is 15.2. The smallest absolute Gasteiger partial charge is 0.407 e. The molecule has 282 valence electrons. The molecule has 4 saturated heterocycles. The van der Waals surface area contributed by atoms with E-state index in [1.165, 1.54) is 14.2 Å². The minimum absolute atomic E-state index is 0.0208. The lowest BCUT2D eigenvalue weighted by atomic mass is 9.88. The van der Waals surface area contributed by atoms with E-state index in [-0.39, 0.29) is 47.8 Å². The van der Waals surface area contributed by atoms with E-state index >= 15 is 0 Å². The van der Waals surface area contributed by atoms with Crippen LogP contribution in [0.25, 0.3) is 33.6 Å². The lowest BCUT2D eigenvalue weighted by Gasteiger charge is -2.41. The predicted molar refractivity (Wildman–Crippen MR) is 198 cm³/mol. The summed E-state index contributed by atoms with van der Waals surface area (Å²) >= 11 is 0. The molecule has 8 atom stereocenters. The highest BCUT2D eigenvalue weighted by Crippen LogP contribution is 2.43. The third kappa shape index (κ3) is 6.36. The molecule has 0 saturated carbocycles. The standard InChI is InChI=1S/C40H46N8O6/c1-21-17-27-13-15-31(47(27)37(49)33(21)45-39(51)53-3)35-41-19-29(43-35)25-9-5-23(6-10-25)24-7-11-26(12-8-24)30-20-42-36(44-30)32-16-14-28-18-22(2)34(38(50)48(28)32)46-40(52)54-4/h5-12,19-22,27-28,31-34H,13-18H2,1-4H3,(H,41,43)(H,42,44)(H,45,51)(H,46,52)/t21?,22?,27-,28-,31+,32+,33+,34+/m1/s1. The van der Waals surface area contributed by atoms with E-state index in [0.29, 0.717) is 0 Å². The number of hydrogen-bond acceptors (Lipinski definition) is 8. The van der Waals surface area contributed by atoms with Gasteiger partial charge in [-0.2, -0.15) is 0 Å². The fraction of sp³-hybridized carbons (Fsp3) is 0.450. The van der Waals surface area contributed by atoms with Crippen molar-refractivity contribution in [2.45, 2.75) is 88.6 Å².